The maximum Gasteiger partial charge on any atom is 0.236 e. The fourth-order valence-corrected chi connectivity index (χ4v) is 0.686. The van der Waals surface area contributed by atoms with Gasteiger partial charge in [-0.15, -0.1) is 10.2 Å². The molecule has 0 saturated carbocycles. The molecule has 1 heterocycles. The van der Waals surface area contributed by atoms with E-state index < -0.39 is 0 Å². The normalized spacial score (nSPS) is 7.86. The number of hydrogen-bond acceptors (Lipinski definition) is 10. The molecular formula is C10H17N11. The number of rotatable bonds is 3. The minimum Gasteiger partial charge on any atom is -0.312 e. The molecule has 3 N–H and O–H groups in total. The Balaban J connectivity index is -0.000000295. The van der Waals surface area contributed by atoms with Gasteiger partial charge in [-0.1, -0.05) is 14.9 Å². The smallest absolute Gasteiger partial charge is 0.236 e. The predicted molar refractivity (Wildman–Crippen MR) is 76.6 cm³/mol. The third-order valence-electron chi connectivity index (χ3n) is 1.32. The fraction of sp³-hybridized carbons (Fsp3) is 0.400. The van der Waals surface area contributed by atoms with Crippen molar-refractivity contribution in [3.63, 3.8) is 0 Å². The summed E-state index contributed by atoms with van der Waals surface area (Å²) in [7, 11) is 3.10. The Bertz CT molecular complexity index is 533. The third kappa shape index (κ3) is 9.11. The highest BCUT2D eigenvalue weighted by atomic mass is 15.5. The molecule has 0 aliphatic heterocycles. The van der Waals surface area contributed by atoms with Crippen LogP contribution < -0.4 is 10.9 Å². The van der Waals surface area contributed by atoms with Gasteiger partial charge in [-0.2, -0.15) is 31.2 Å². The van der Waals surface area contributed by atoms with E-state index in [0.29, 0.717) is 0 Å². The summed E-state index contributed by atoms with van der Waals surface area (Å²) >= 11 is 0. The molecule has 11 nitrogen and oxygen atoms in total. The lowest BCUT2D eigenvalue weighted by molar-refractivity contribution is 0.881. The molecule has 0 aliphatic carbocycles. The lowest BCUT2D eigenvalue weighted by atomic mass is 10.4. The molecule has 0 radical (unpaired) electrons. The standard InChI is InChI=1S/C4H5N7.C4H4N4.2CH4/c1-6-7-3(2-5)4-8-10-11-9-4;1-7-8-4(2-5)3-6;;/h6H,1H3,(H,8,9,10,11);7H,1H3;2*1H4/b7-3+;;;. The number of aromatic amines is 1. The summed E-state index contributed by atoms with van der Waals surface area (Å²) < 4.78 is 0. The first-order chi connectivity index (χ1) is 9.23. The quantitative estimate of drug-likeness (QED) is 0.494. The lowest BCUT2D eigenvalue weighted by Gasteiger charge is -1.87. The van der Waals surface area contributed by atoms with Crippen LogP contribution in [-0.2, 0) is 0 Å². The van der Waals surface area contributed by atoms with Crippen LogP contribution in [0.5, 0.6) is 0 Å². The maximum absolute atomic E-state index is 8.49. The van der Waals surface area contributed by atoms with E-state index in [1.807, 2.05) is 6.07 Å². The summed E-state index contributed by atoms with van der Waals surface area (Å²) in [5, 5.41) is 44.0. The van der Waals surface area contributed by atoms with E-state index in [2.05, 4.69) is 41.7 Å². The van der Waals surface area contributed by atoms with Gasteiger partial charge in [-0.05, 0) is 5.21 Å². The topological polar surface area (TPSA) is 175 Å². The Kier molecular flexibility index (Phi) is 15.7. The number of nitrogens with zero attached hydrogens (tertiary/aromatic N) is 8. The van der Waals surface area contributed by atoms with Crippen molar-refractivity contribution in [1.82, 2.24) is 31.5 Å². The second-order valence-corrected chi connectivity index (χ2v) is 2.44. The van der Waals surface area contributed by atoms with Gasteiger partial charge in [-0.25, -0.2) is 0 Å². The van der Waals surface area contributed by atoms with Crippen LogP contribution in [0.2, 0.25) is 0 Å². The molecule has 0 fully saturated rings. The summed E-state index contributed by atoms with van der Waals surface area (Å²) in [6.45, 7) is 0. The molecule has 21 heavy (non-hydrogen) atoms. The van der Waals surface area contributed by atoms with Crippen LogP contribution in [0.3, 0.4) is 0 Å². The Morgan fingerprint density at radius 3 is 1.90 bits per heavy atom. The summed E-state index contributed by atoms with van der Waals surface area (Å²) in [5.74, 6) is 0.182. The average molecular weight is 291 g/mol. The number of hydrogen-bond donors (Lipinski definition) is 3. The summed E-state index contributed by atoms with van der Waals surface area (Å²) in [6, 6.07) is 4.97. The van der Waals surface area contributed by atoms with E-state index in [4.69, 9.17) is 15.8 Å². The van der Waals surface area contributed by atoms with Crippen LogP contribution in [0.1, 0.15) is 20.7 Å². The zero-order valence-corrected chi connectivity index (χ0v) is 10.1. The van der Waals surface area contributed by atoms with Crippen LogP contribution in [0, 0.1) is 34.0 Å². The highest BCUT2D eigenvalue weighted by Gasteiger charge is 2.06. The molecule has 0 bridgehead atoms. The van der Waals surface area contributed by atoms with Gasteiger partial charge in [0.05, 0.1) is 0 Å². The highest BCUT2D eigenvalue weighted by molar-refractivity contribution is 6.10. The van der Waals surface area contributed by atoms with Crippen LogP contribution in [0.15, 0.2) is 10.2 Å². The molecule has 11 heteroatoms. The van der Waals surface area contributed by atoms with Gasteiger partial charge >= 0.3 is 0 Å². The van der Waals surface area contributed by atoms with E-state index in [0.717, 1.165) is 0 Å². The molecule has 112 valence electrons. The zero-order chi connectivity index (χ0) is 14.5. The number of aromatic nitrogens is 4. The van der Waals surface area contributed by atoms with Crippen LogP contribution in [0.4, 0.5) is 0 Å². The van der Waals surface area contributed by atoms with Crippen molar-refractivity contribution in [3.05, 3.63) is 5.82 Å². The summed E-state index contributed by atoms with van der Waals surface area (Å²) in [4.78, 5) is 0. The van der Waals surface area contributed by atoms with Crippen molar-refractivity contribution >= 4 is 11.4 Å². The molecule has 0 spiro atoms. The van der Waals surface area contributed by atoms with E-state index >= 15 is 0 Å². The van der Waals surface area contributed by atoms with Gasteiger partial charge < -0.3 is 10.9 Å². The minimum atomic E-state index is -0.160. The average Bonchev–Trinajstić information content (AvgIpc) is 2.96. The number of hydrazone groups is 2. The van der Waals surface area contributed by atoms with E-state index in [9.17, 15) is 0 Å². The van der Waals surface area contributed by atoms with Crippen LogP contribution >= 0.6 is 0 Å². The number of nitrogens with one attached hydrogen (secondary N) is 3. The number of nitriles is 3. The first-order valence-electron chi connectivity index (χ1n) is 4.66. The number of H-pyrrole nitrogens is 1. The summed E-state index contributed by atoms with van der Waals surface area (Å²) in [5.41, 5.74) is 4.70. The van der Waals surface area contributed by atoms with Gasteiger partial charge in [0, 0.05) is 14.1 Å². The Labute approximate surface area is 123 Å². The zero-order valence-electron chi connectivity index (χ0n) is 10.1. The van der Waals surface area contributed by atoms with Crippen molar-refractivity contribution in [2.75, 3.05) is 14.1 Å². The largest absolute Gasteiger partial charge is 0.312 e. The second-order valence-electron chi connectivity index (χ2n) is 2.44. The summed E-state index contributed by atoms with van der Waals surface area (Å²) in [6.07, 6.45) is 0. The molecular weight excluding hydrogens is 274 g/mol. The fourth-order valence-electron chi connectivity index (χ4n) is 0.686. The number of tetrazole rings is 1. The van der Waals surface area contributed by atoms with Crippen LogP contribution in [-0.4, -0.2) is 46.1 Å². The first kappa shape index (κ1) is 22.6. The van der Waals surface area contributed by atoms with Crippen molar-refractivity contribution in [2.24, 2.45) is 10.2 Å². The molecule has 0 aromatic carbocycles. The van der Waals surface area contributed by atoms with Gasteiger partial charge in [0.2, 0.25) is 17.2 Å². The van der Waals surface area contributed by atoms with Gasteiger partial charge in [0.1, 0.15) is 18.2 Å². The Morgan fingerprint density at radius 1 is 1.05 bits per heavy atom. The monoisotopic (exact) mass is 291 g/mol. The van der Waals surface area contributed by atoms with Crippen molar-refractivity contribution in [3.8, 4) is 18.2 Å². The molecule has 0 atom stereocenters. The second kappa shape index (κ2) is 14.5. The van der Waals surface area contributed by atoms with Crippen molar-refractivity contribution < 1.29 is 0 Å². The predicted octanol–water partition coefficient (Wildman–Crippen LogP) is -0.472. The molecule has 0 unspecified atom stereocenters. The lowest BCUT2D eigenvalue weighted by Crippen LogP contribution is -2.06. The van der Waals surface area contributed by atoms with E-state index in [1.54, 1.807) is 19.2 Å². The Hall–Kier alpha value is -3.52. The SMILES string of the molecule is C.C.CN/N=C(\C#N)c1nn[nH]n1.CNN=C(C#N)C#N. The van der Waals surface area contributed by atoms with Crippen LogP contribution in [0.25, 0.3) is 0 Å². The Morgan fingerprint density at radius 2 is 1.62 bits per heavy atom. The molecule has 1 aromatic heterocycles. The third-order valence-corrected chi connectivity index (χ3v) is 1.32. The molecule has 0 aliphatic rings. The minimum absolute atomic E-state index is 0. The van der Waals surface area contributed by atoms with Crippen molar-refractivity contribution in [2.45, 2.75) is 14.9 Å². The van der Waals surface area contributed by atoms with E-state index in [-0.39, 0.29) is 32.1 Å². The van der Waals surface area contributed by atoms with Gasteiger partial charge in [-0.3, -0.25) is 0 Å². The first-order valence-corrected chi connectivity index (χ1v) is 4.66. The maximum atomic E-state index is 8.49. The molecule has 0 amide bonds. The van der Waals surface area contributed by atoms with E-state index in [1.165, 1.54) is 7.05 Å². The van der Waals surface area contributed by atoms with Gasteiger partial charge in [0.25, 0.3) is 0 Å². The van der Waals surface area contributed by atoms with Gasteiger partial charge in [0.15, 0.2) is 0 Å². The van der Waals surface area contributed by atoms with Crippen molar-refractivity contribution in [1.29, 1.82) is 15.8 Å². The molecule has 0 saturated heterocycles. The molecule has 1 rings (SSSR count). The highest BCUT2D eigenvalue weighted by Crippen LogP contribution is 1.85. The molecule has 1 aromatic rings.